The first-order valence-corrected chi connectivity index (χ1v) is 16.7. The molecule has 1 heterocycles. The number of Topliss-reactive ketones (excluding diaryl/α,β-unsaturated/α-hetero) is 1. The molecule has 1 aromatic heterocycles. The minimum Gasteiger partial charge on any atom is -0.458 e. The number of nitrogens with two attached hydrogens (primary N) is 1. The van der Waals surface area contributed by atoms with Crippen LogP contribution >= 0.6 is 0 Å². The van der Waals surface area contributed by atoms with Crippen LogP contribution in [0.25, 0.3) is 0 Å². The monoisotopic (exact) mass is 618 g/mol. The van der Waals surface area contributed by atoms with Crippen molar-refractivity contribution in [2.24, 2.45) is 39.7 Å². The fraction of sp³-hybridized carbons (Fsp3) is 0.667. The van der Waals surface area contributed by atoms with E-state index in [-0.39, 0.29) is 46.9 Å². The fourth-order valence-corrected chi connectivity index (χ4v) is 11.2. The average Bonchev–Trinajstić information content (AvgIpc) is 3.57. The molecule has 0 unspecified atom stereocenters. The summed E-state index contributed by atoms with van der Waals surface area (Å²) < 4.78 is 8.05. The molecule has 0 spiro atoms. The molecule has 0 aliphatic heterocycles. The molecule has 0 radical (unpaired) electrons. The Morgan fingerprint density at radius 1 is 1.02 bits per heavy atom. The molecular weight excluding hydrogens is 568 g/mol. The Morgan fingerprint density at radius 2 is 1.73 bits per heavy atom. The molecule has 45 heavy (non-hydrogen) atoms. The summed E-state index contributed by atoms with van der Waals surface area (Å²) in [5.74, 6) is -0.764. The van der Waals surface area contributed by atoms with E-state index < -0.39 is 29.3 Å². The highest BCUT2D eigenvalue weighted by Crippen LogP contribution is 2.76. The number of esters is 1. The Balaban J connectivity index is 1.51. The number of rotatable bonds is 6. The summed E-state index contributed by atoms with van der Waals surface area (Å²) in [7, 11) is 0. The third kappa shape index (κ3) is 4.51. The van der Waals surface area contributed by atoms with Gasteiger partial charge >= 0.3 is 5.97 Å². The molecule has 1 aromatic carbocycles. The van der Waals surface area contributed by atoms with Crippen molar-refractivity contribution in [2.75, 3.05) is 0 Å². The third-order valence-corrected chi connectivity index (χ3v) is 13.4. The number of hydrogen-bond donors (Lipinski definition) is 3. The molecule has 4 N–H and O–H groups in total. The average molecular weight is 619 g/mol. The SMILES string of the molecule is CC(=O)O[C@H]1C[C@@]2(C)[C@@H](C[C@@H](O)[C@@H]3[C@]2(C)CC[C@@]2(n4cc(CN)nn4)[C@H](C)[C@H](O)CC[C@]32C)/C1=C(\Cc1ccccc1)C(C)=O. The van der Waals surface area contributed by atoms with Gasteiger partial charge in [-0.15, -0.1) is 5.10 Å². The van der Waals surface area contributed by atoms with Crippen LogP contribution in [0.4, 0.5) is 0 Å². The summed E-state index contributed by atoms with van der Waals surface area (Å²) in [5, 5.41) is 32.7. The number of carbonyl (C=O) groups excluding carboxylic acids is 2. The van der Waals surface area contributed by atoms with Gasteiger partial charge in [-0.2, -0.15) is 0 Å². The summed E-state index contributed by atoms with van der Waals surface area (Å²) in [5.41, 5.74) is 7.57. The Bertz CT molecular complexity index is 1510. The molecule has 10 atom stereocenters. The quantitative estimate of drug-likeness (QED) is 0.318. The maximum absolute atomic E-state index is 13.4. The summed E-state index contributed by atoms with van der Waals surface area (Å²) in [6.45, 7) is 12.4. The molecule has 2 aromatic rings. The number of hydrogen-bond acceptors (Lipinski definition) is 8. The Hall–Kier alpha value is -2.88. The number of fused-ring (bicyclic) bond motifs is 5. The van der Waals surface area contributed by atoms with Gasteiger partial charge in [-0.3, -0.25) is 9.59 Å². The van der Waals surface area contributed by atoms with Gasteiger partial charge in [0.05, 0.1) is 29.6 Å². The molecule has 0 bridgehead atoms. The smallest absolute Gasteiger partial charge is 0.303 e. The topological polar surface area (TPSA) is 141 Å². The van der Waals surface area contributed by atoms with Gasteiger partial charge in [-0.25, -0.2) is 4.68 Å². The van der Waals surface area contributed by atoms with Crippen molar-refractivity contribution in [1.29, 1.82) is 0 Å². The van der Waals surface area contributed by atoms with Crippen molar-refractivity contribution in [3.8, 4) is 0 Å². The van der Waals surface area contributed by atoms with Crippen LogP contribution in [0.5, 0.6) is 0 Å². The molecule has 0 saturated heterocycles. The predicted molar refractivity (Wildman–Crippen MR) is 169 cm³/mol. The van der Waals surface area contributed by atoms with Crippen LogP contribution < -0.4 is 5.73 Å². The van der Waals surface area contributed by atoms with E-state index in [0.29, 0.717) is 37.0 Å². The van der Waals surface area contributed by atoms with Crippen LogP contribution in [-0.2, 0) is 32.8 Å². The number of aromatic nitrogens is 3. The van der Waals surface area contributed by atoms with E-state index in [9.17, 15) is 19.8 Å². The van der Waals surface area contributed by atoms with E-state index in [1.165, 1.54) is 6.92 Å². The van der Waals surface area contributed by atoms with E-state index in [1.807, 2.05) is 41.2 Å². The second kappa shape index (κ2) is 11.1. The lowest BCUT2D eigenvalue weighted by molar-refractivity contribution is -0.264. The first-order valence-electron chi connectivity index (χ1n) is 16.7. The fourth-order valence-electron chi connectivity index (χ4n) is 11.2. The molecule has 4 saturated carbocycles. The standard InChI is InChI=1S/C36H50N4O5/c1-21-28(43)12-13-34(5)32-29(44)17-27-31(26(22(2)41)16-24-10-8-7-9-11-24)30(45-23(3)42)18-35(27,6)33(32,4)14-15-36(21,34)40-20-25(19-37)38-39-40/h7-11,20-21,27-30,32,43-44H,12-19,37H2,1-6H3/b31-26-/t21-,27+,28-,29-,30+,32-,33+,34-,35+,36-/m1/s1. The zero-order valence-electron chi connectivity index (χ0n) is 27.6. The van der Waals surface area contributed by atoms with Gasteiger partial charge in [0, 0.05) is 31.4 Å². The summed E-state index contributed by atoms with van der Waals surface area (Å²) in [6.07, 6.45) is 4.67. The molecule has 244 valence electrons. The highest BCUT2D eigenvalue weighted by molar-refractivity contribution is 5.95. The van der Waals surface area contributed by atoms with Crippen LogP contribution in [-0.4, -0.2) is 55.3 Å². The van der Waals surface area contributed by atoms with Crippen LogP contribution in [0.2, 0.25) is 0 Å². The molecule has 9 nitrogen and oxygen atoms in total. The van der Waals surface area contributed by atoms with Crippen molar-refractivity contribution in [2.45, 2.75) is 117 Å². The van der Waals surface area contributed by atoms with Gasteiger partial charge in [0.2, 0.25) is 0 Å². The number of ether oxygens (including phenoxy) is 1. The predicted octanol–water partition coefficient (Wildman–Crippen LogP) is 4.50. The molecule has 4 aliphatic carbocycles. The van der Waals surface area contributed by atoms with E-state index in [2.05, 4.69) is 38.0 Å². The van der Waals surface area contributed by atoms with Gasteiger partial charge in [0.15, 0.2) is 5.78 Å². The van der Waals surface area contributed by atoms with Crippen molar-refractivity contribution in [3.63, 3.8) is 0 Å². The highest BCUT2D eigenvalue weighted by atomic mass is 16.5. The normalized spacial score (nSPS) is 41.9. The van der Waals surface area contributed by atoms with Crippen molar-refractivity contribution < 1.29 is 24.5 Å². The summed E-state index contributed by atoms with van der Waals surface area (Å²) in [4.78, 5) is 25.9. The Kier molecular flexibility index (Phi) is 7.93. The number of aliphatic hydroxyl groups excluding tert-OH is 2. The van der Waals surface area contributed by atoms with Crippen LogP contribution in [0.3, 0.4) is 0 Å². The zero-order chi connectivity index (χ0) is 32.5. The van der Waals surface area contributed by atoms with E-state index in [0.717, 1.165) is 30.4 Å². The summed E-state index contributed by atoms with van der Waals surface area (Å²) >= 11 is 0. The molecule has 0 amide bonds. The first kappa shape index (κ1) is 32.1. The van der Waals surface area contributed by atoms with Gasteiger partial charge in [0.1, 0.15) is 6.10 Å². The maximum Gasteiger partial charge on any atom is 0.303 e. The number of aliphatic hydroxyl groups is 2. The van der Waals surface area contributed by atoms with Gasteiger partial charge in [-0.1, -0.05) is 63.2 Å². The van der Waals surface area contributed by atoms with Gasteiger partial charge in [0.25, 0.3) is 0 Å². The molecule has 4 aliphatic rings. The largest absolute Gasteiger partial charge is 0.458 e. The third-order valence-electron chi connectivity index (χ3n) is 13.4. The van der Waals surface area contributed by atoms with E-state index in [4.69, 9.17) is 10.5 Å². The van der Waals surface area contributed by atoms with Crippen molar-refractivity contribution >= 4 is 11.8 Å². The second-order valence-electron chi connectivity index (χ2n) is 15.2. The second-order valence-corrected chi connectivity index (χ2v) is 15.2. The van der Waals surface area contributed by atoms with Crippen LogP contribution in [0.15, 0.2) is 47.7 Å². The minimum absolute atomic E-state index is 0.0244. The number of nitrogens with zero attached hydrogens (tertiary/aromatic N) is 3. The van der Waals surface area contributed by atoms with E-state index in [1.54, 1.807) is 6.92 Å². The lowest BCUT2D eigenvalue weighted by Crippen LogP contribution is -2.72. The Labute approximate surface area is 266 Å². The van der Waals surface area contributed by atoms with Crippen molar-refractivity contribution in [3.05, 3.63) is 58.9 Å². The number of benzene rings is 1. The van der Waals surface area contributed by atoms with E-state index >= 15 is 0 Å². The molecule has 9 heteroatoms. The van der Waals surface area contributed by atoms with Crippen LogP contribution in [0, 0.1) is 34.0 Å². The number of allylic oxidation sites excluding steroid dienone is 1. The van der Waals surface area contributed by atoms with Crippen molar-refractivity contribution in [1.82, 2.24) is 15.0 Å². The molecule has 4 fully saturated rings. The Morgan fingerprint density at radius 3 is 2.36 bits per heavy atom. The molecular formula is C36H50N4O5. The number of ketones is 1. The van der Waals surface area contributed by atoms with Crippen LogP contribution in [0.1, 0.15) is 91.3 Å². The van der Waals surface area contributed by atoms with Gasteiger partial charge in [-0.05, 0) is 84.7 Å². The maximum atomic E-state index is 13.4. The minimum atomic E-state index is -0.672. The van der Waals surface area contributed by atoms with Gasteiger partial charge < -0.3 is 20.7 Å². The molecule has 6 rings (SSSR count). The summed E-state index contributed by atoms with van der Waals surface area (Å²) in [6, 6.07) is 9.94. The lowest BCUT2D eigenvalue weighted by Gasteiger charge is -2.72. The zero-order valence-corrected chi connectivity index (χ0v) is 27.6. The number of carbonyl (C=O) groups is 2. The first-order chi connectivity index (χ1) is 21.2. The lowest BCUT2D eigenvalue weighted by atomic mass is 9.34. The highest BCUT2D eigenvalue weighted by Gasteiger charge is 2.75.